The first kappa shape index (κ1) is 9.19. The fourth-order valence-corrected chi connectivity index (χ4v) is 1.75. The molecule has 2 rings (SSSR count). The van der Waals surface area contributed by atoms with Gasteiger partial charge in [0.1, 0.15) is 5.82 Å². The van der Waals surface area contributed by atoms with E-state index >= 15 is 0 Å². The fraction of sp³-hybridized carbons (Fsp3) is 0.364. The summed E-state index contributed by atoms with van der Waals surface area (Å²) >= 11 is 0. The van der Waals surface area contributed by atoms with Gasteiger partial charge in [-0.05, 0) is 24.8 Å². The predicted molar refractivity (Wildman–Crippen MR) is 49.5 cm³/mol. The lowest BCUT2D eigenvalue weighted by Crippen LogP contribution is -2.15. The van der Waals surface area contributed by atoms with Crippen LogP contribution in [0.25, 0.3) is 0 Å². The first-order valence-electron chi connectivity index (χ1n) is 4.67. The molecule has 0 bridgehead atoms. The zero-order valence-electron chi connectivity index (χ0n) is 7.61. The smallest absolute Gasteiger partial charge is 0.311 e. The van der Waals surface area contributed by atoms with Crippen molar-refractivity contribution in [1.29, 1.82) is 0 Å². The molecule has 0 aromatic heterocycles. The van der Waals surface area contributed by atoms with E-state index in [2.05, 4.69) is 0 Å². The number of rotatable bonds is 3. The van der Waals surface area contributed by atoms with Crippen LogP contribution in [0, 0.1) is 11.7 Å². The van der Waals surface area contributed by atoms with Gasteiger partial charge in [0.05, 0.1) is 5.92 Å². The second-order valence-electron chi connectivity index (χ2n) is 3.67. The highest BCUT2D eigenvalue weighted by atomic mass is 19.1. The average Bonchev–Trinajstić information content (AvgIpc) is 2.92. The molecule has 1 unspecified atom stereocenters. The van der Waals surface area contributed by atoms with Crippen molar-refractivity contribution in [2.24, 2.45) is 5.92 Å². The highest BCUT2D eigenvalue weighted by Crippen LogP contribution is 2.43. The van der Waals surface area contributed by atoms with E-state index in [1.54, 1.807) is 18.2 Å². The van der Waals surface area contributed by atoms with Gasteiger partial charge in [-0.1, -0.05) is 18.2 Å². The number of hydrogen-bond donors (Lipinski definition) is 1. The number of hydrogen-bond acceptors (Lipinski definition) is 1. The van der Waals surface area contributed by atoms with Gasteiger partial charge in [0.25, 0.3) is 0 Å². The van der Waals surface area contributed by atoms with E-state index in [0.717, 1.165) is 12.8 Å². The minimum absolute atomic E-state index is 0.129. The van der Waals surface area contributed by atoms with E-state index in [9.17, 15) is 9.18 Å². The largest absolute Gasteiger partial charge is 0.481 e. The molecule has 0 amide bonds. The van der Waals surface area contributed by atoms with Gasteiger partial charge in [-0.3, -0.25) is 4.79 Å². The molecular weight excluding hydrogens is 183 g/mol. The molecule has 74 valence electrons. The lowest BCUT2D eigenvalue weighted by atomic mass is 9.94. The van der Waals surface area contributed by atoms with Gasteiger partial charge in [0.15, 0.2) is 0 Å². The molecule has 1 aliphatic carbocycles. The average molecular weight is 194 g/mol. The van der Waals surface area contributed by atoms with Crippen LogP contribution >= 0.6 is 0 Å². The second-order valence-corrected chi connectivity index (χ2v) is 3.67. The molecule has 0 heterocycles. The van der Waals surface area contributed by atoms with E-state index in [1.807, 2.05) is 0 Å². The van der Waals surface area contributed by atoms with Crippen LogP contribution < -0.4 is 0 Å². The van der Waals surface area contributed by atoms with Crippen molar-refractivity contribution >= 4 is 5.97 Å². The third kappa shape index (κ3) is 1.62. The summed E-state index contributed by atoms with van der Waals surface area (Å²) in [6.45, 7) is 0. The Balaban J connectivity index is 2.35. The molecular formula is C11H11FO2. The standard InChI is InChI=1S/C11H11FO2/c12-9-4-2-1-3-8(9)10(11(13)14)7-5-6-7/h1-4,7,10H,5-6H2,(H,13,14). The topological polar surface area (TPSA) is 37.3 Å². The van der Waals surface area contributed by atoms with E-state index in [0.29, 0.717) is 5.56 Å². The van der Waals surface area contributed by atoms with Crippen molar-refractivity contribution < 1.29 is 14.3 Å². The maximum Gasteiger partial charge on any atom is 0.311 e. The van der Waals surface area contributed by atoms with Crippen LogP contribution in [0.4, 0.5) is 4.39 Å². The Morgan fingerprint density at radius 2 is 2.07 bits per heavy atom. The first-order chi connectivity index (χ1) is 6.70. The molecule has 1 aromatic rings. The van der Waals surface area contributed by atoms with Crippen molar-refractivity contribution in [1.82, 2.24) is 0 Å². The van der Waals surface area contributed by atoms with Gasteiger partial charge in [-0.25, -0.2) is 4.39 Å². The summed E-state index contributed by atoms with van der Waals surface area (Å²) in [6.07, 6.45) is 1.79. The lowest BCUT2D eigenvalue weighted by molar-refractivity contribution is -0.139. The fourth-order valence-electron chi connectivity index (χ4n) is 1.75. The number of halogens is 1. The minimum atomic E-state index is -0.919. The van der Waals surface area contributed by atoms with Gasteiger partial charge in [-0.15, -0.1) is 0 Å². The van der Waals surface area contributed by atoms with Gasteiger partial charge >= 0.3 is 5.97 Å². The highest BCUT2D eigenvalue weighted by molar-refractivity contribution is 5.77. The molecule has 2 nitrogen and oxygen atoms in total. The second kappa shape index (κ2) is 3.40. The molecule has 1 atom stereocenters. The predicted octanol–water partition coefficient (Wildman–Crippen LogP) is 2.40. The molecule has 1 N–H and O–H groups in total. The first-order valence-corrected chi connectivity index (χ1v) is 4.67. The summed E-state index contributed by atoms with van der Waals surface area (Å²) in [5, 5.41) is 8.99. The Bertz CT molecular complexity index is 358. The normalized spacial score (nSPS) is 17.8. The van der Waals surface area contributed by atoms with Crippen LogP contribution in [-0.4, -0.2) is 11.1 Å². The van der Waals surface area contributed by atoms with Gasteiger partial charge < -0.3 is 5.11 Å². The van der Waals surface area contributed by atoms with Crippen molar-refractivity contribution in [2.45, 2.75) is 18.8 Å². The summed E-state index contributed by atoms with van der Waals surface area (Å²) in [5.74, 6) is -1.86. The number of carboxylic acids is 1. The van der Waals surface area contributed by atoms with Gasteiger partial charge in [-0.2, -0.15) is 0 Å². The van der Waals surface area contributed by atoms with Gasteiger partial charge in [0, 0.05) is 5.56 Å². The lowest BCUT2D eigenvalue weighted by Gasteiger charge is -2.11. The summed E-state index contributed by atoms with van der Waals surface area (Å²) in [5.41, 5.74) is 0.322. The minimum Gasteiger partial charge on any atom is -0.481 e. The van der Waals surface area contributed by atoms with E-state index in [-0.39, 0.29) is 5.92 Å². The Hall–Kier alpha value is -1.38. The van der Waals surface area contributed by atoms with Crippen LogP contribution in [0.2, 0.25) is 0 Å². The van der Waals surface area contributed by atoms with Crippen molar-refractivity contribution in [3.05, 3.63) is 35.6 Å². The third-order valence-electron chi connectivity index (χ3n) is 2.60. The number of carboxylic acid groups (broad SMARTS) is 1. The van der Waals surface area contributed by atoms with E-state index in [4.69, 9.17) is 5.11 Å². The Morgan fingerprint density at radius 1 is 1.43 bits per heavy atom. The monoisotopic (exact) mass is 194 g/mol. The molecule has 1 aromatic carbocycles. The molecule has 1 fully saturated rings. The van der Waals surface area contributed by atoms with Crippen LogP contribution in [0.3, 0.4) is 0 Å². The quantitative estimate of drug-likeness (QED) is 0.802. The Morgan fingerprint density at radius 3 is 2.57 bits per heavy atom. The molecule has 0 aliphatic heterocycles. The van der Waals surface area contributed by atoms with Crippen molar-refractivity contribution in [3.63, 3.8) is 0 Å². The molecule has 1 saturated carbocycles. The summed E-state index contributed by atoms with van der Waals surface area (Å²) in [6, 6.07) is 6.13. The highest BCUT2D eigenvalue weighted by Gasteiger charge is 2.38. The molecule has 1 aliphatic rings. The van der Waals surface area contributed by atoms with Crippen LogP contribution in [-0.2, 0) is 4.79 Å². The molecule has 14 heavy (non-hydrogen) atoms. The summed E-state index contributed by atoms with van der Waals surface area (Å²) < 4.78 is 13.3. The SMILES string of the molecule is O=C(O)C(c1ccccc1F)C1CC1. The van der Waals surface area contributed by atoms with Crippen molar-refractivity contribution in [3.8, 4) is 0 Å². The summed E-state index contributed by atoms with van der Waals surface area (Å²) in [7, 11) is 0. The molecule has 3 heteroatoms. The van der Waals surface area contributed by atoms with Crippen LogP contribution in [0.5, 0.6) is 0 Å². The zero-order chi connectivity index (χ0) is 10.1. The molecule has 0 spiro atoms. The van der Waals surface area contributed by atoms with E-state index < -0.39 is 17.7 Å². The number of benzene rings is 1. The van der Waals surface area contributed by atoms with Crippen LogP contribution in [0.1, 0.15) is 24.3 Å². The number of aliphatic carboxylic acids is 1. The zero-order valence-corrected chi connectivity index (χ0v) is 7.61. The summed E-state index contributed by atoms with van der Waals surface area (Å²) in [4.78, 5) is 11.0. The van der Waals surface area contributed by atoms with Gasteiger partial charge in [0.2, 0.25) is 0 Å². The molecule has 0 saturated heterocycles. The Kier molecular flexibility index (Phi) is 2.23. The molecule has 0 radical (unpaired) electrons. The maximum absolute atomic E-state index is 13.3. The van der Waals surface area contributed by atoms with E-state index in [1.165, 1.54) is 6.07 Å². The Labute approximate surface area is 81.4 Å². The number of carbonyl (C=O) groups is 1. The van der Waals surface area contributed by atoms with Crippen molar-refractivity contribution in [2.75, 3.05) is 0 Å². The van der Waals surface area contributed by atoms with Crippen LogP contribution in [0.15, 0.2) is 24.3 Å². The third-order valence-corrected chi connectivity index (χ3v) is 2.60. The maximum atomic E-state index is 13.3.